The van der Waals surface area contributed by atoms with Crippen molar-refractivity contribution in [1.82, 2.24) is 0 Å². The molecule has 1 fully saturated rings. The number of carboxylic acid groups (broad SMARTS) is 2. The molecule has 0 bridgehead atoms. The second-order valence-corrected chi connectivity index (χ2v) is 5.45. The Bertz CT molecular complexity index is 286. The van der Waals surface area contributed by atoms with Crippen LogP contribution in [0, 0.1) is 10.8 Å². The Hall–Kier alpha value is -1.06. The summed E-state index contributed by atoms with van der Waals surface area (Å²) in [6.45, 7) is 3.76. The van der Waals surface area contributed by atoms with Crippen molar-refractivity contribution in [2.75, 3.05) is 0 Å². The maximum Gasteiger partial charge on any atom is 0.0485 e. The Morgan fingerprint density at radius 2 is 1.22 bits per heavy atom. The van der Waals surface area contributed by atoms with Crippen LogP contribution in [-0.4, -0.2) is 11.9 Å². The average molecular weight is 254 g/mol. The average Bonchev–Trinajstić information content (AvgIpc) is 2.31. The van der Waals surface area contributed by atoms with Crippen LogP contribution in [0.25, 0.3) is 0 Å². The van der Waals surface area contributed by atoms with Crippen molar-refractivity contribution in [2.45, 2.75) is 65.2 Å². The van der Waals surface area contributed by atoms with E-state index in [0.717, 1.165) is 12.8 Å². The van der Waals surface area contributed by atoms with E-state index < -0.39 is 22.8 Å². The van der Waals surface area contributed by atoms with Crippen molar-refractivity contribution < 1.29 is 19.8 Å². The van der Waals surface area contributed by atoms with Gasteiger partial charge in [-0.1, -0.05) is 39.5 Å². The first-order chi connectivity index (χ1) is 8.47. The molecule has 104 valence electrons. The number of carbonyl (C=O) groups excluding carboxylic acids is 2. The van der Waals surface area contributed by atoms with E-state index in [1.165, 1.54) is 0 Å². The molecule has 18 heavy (non-hydrogen) atoms. The molecule has 1 aliphatic carbocycles. The van der Waals surface area contributed by atoms with E-state index in [1.807, 2.05) is 13.8 Å². The lowest BCUT2D eigenvalue weighted by atomic mass is 9.52. The molecule has 0 saturated heterocycles. The third kappa shape index (κ3) is 2.13. The molecule has 0 spiro atoms. The van der Waals surface area contributed by atoms with Gasteiger partial charge in [0, 0.05) is 22.8 Å². The fraction of sp³-hybridized carbons (Fsp3) is 0.857. The fourth-order valence-corrected chi connectivity index (χ4v) is 3.71. The molecule has 1 rings (SSSR count). The highest BCUT2D eigenvalue weighted by Crippen LogP contribution is 2.55. The highest BCUT2D eigenvalue weighted by Gasteiger charge is 2.53. The standard InChI is InChI=1S/C14H24O4/c1-3-7-13(11(15)16)9-5-6-10-14(13,8-4-2)12(17)18/h3-10H2,1-2H3,(H,15,16)(H,17,18)/p-2. The van der Waals surface area contributed by atoms with Crippen LogP contribution in [0.5, 0.6) is 0 Å². The SMILES string of the molecule is CCCC1(C(=O)[O-])CCCCC1(CCC)C(=O)[O-]. The van der Waals surface area contributed by atoms with Gasteiger partial charge in [0.05, 0.1) is 0 Å². The summed E-state index contributed by atoms with van der Waals surface area (Å²) >= 11 is 0. The topological polar surface area (TPSA) is 80.3 Å². The minimum absolute atomic E-state index is 0.364. The molecule has 0 heterocycles. The number of aliphatic carboxylic acids is 2. The van der Waals surface area contributed by atoms with Crippen molar-refractivity contribution in [1.29, 1.82) is 0 Å². The molecular formula is C14H22O4-2. The molecule has 0 aliphatic heterocycles. The summed E-state index contributed by atoms with van der Waals surface area (Å²) in [5.74, 6) is -2.41. The zero-order chi connectivity index (χ0) is 13.8. The molecule has 0 amide bonds. The largest absolute Gasteiger partial charge is 0.550 e. The molecular weight excluding hydrogens is 232 g/mol. The highest BCUT2D eigenvalue weighted by molar-refractivity contribution is 5.85. The molecule has 1 saturated carbocycles. The monoisotopic (exact) mass is 254 g/mol. The predicted octanol–water partition coefficient (Wildman–Crippen LogP) is 0.633. The molecule has 0 aromatic carbocycles. The lowest BCUT2D eigenvalue weighted by Gasteiger charge is -2.55. The van der Waals surface area contributed by atoms with Crippen molar-refractivity contribution in [3.8, 4) is 0 Å². The lowest BCUT2D eigenvalue weighted by Crippen LogP contribution is -2.62. The van der Waals surface area contributed by atoms with E-state index in [4.69, 9.17) is 0 Å². The summed E-state index contributed by atoms with van der Waals surface area (Å²) in [7, 11) is 0. The van der Waals surface area contributed by atoms with Crippen LogP contribution in [-0.2, 0) is 9.59 Å². The summed E-state index contributed by atoms with van der Waals surface area (Å²) in [5.41, 5.74) is -2.48. The Morgan fingerprint density at radius 1 is 0.889 bits per heavy atom. The number of rotatable bonds is 6. The van der Waals surface area contributed by atoms with Gasteiger partial charge in [-0.05, 0) is 25.7 Å². The van der Waals surface area contributed by atoms with Crippen molar-refractivity contribution in [2.24, 2.45) is 10.8 Å². The van der Waals surface area contributed by atoms with E-state index in [2.05, 4.69) is 0 Å². The number of hydrogen-bond donors (Lipinski definition) is 0. The van der Waals surface area contributed by atoms with E-state index in [0.29, 0.717) is 38.5 Å². The van der Waals surface area contributed by atoms with E-state index >= 15 is 0 Å². The molecule has 0 radical (unpaired) electrons. The van der Waals surface area contributed by atoms with Gasteiger partial charge in [-0.2, -0.15) is 0 Å². The zero-order valence-corrected chi connectivity index (χ0v) is 11.3. The van der Waals surface area contributed by atoms with Gasteiger partial charge in [-0.25, -0.2) is 0 Å². The van der Waals surface area contributed by atoms with Crippen LogP contribution >= 0.6 is 0 Å². The smallest absolute Gasteiger partial charge is 0.0485 e. The van der Waals surface area contributed by atoms with Crippen LogP contribution in [0.15, 0.2) is 0 Å². The molecule has 0 N–H and O–H groups in total. The third-order valence-corrected chi connectivity index (χ3v) is 4.51. The van der Waals surface area contributed by atoms with Gasteiger partial charge in [-0.3, -0.25) is 0 Å². The van der Waals surface area contributed by atoms with Gasteiger partial charge < -0.3 is 19.8 Å². The van der Waals surface area contributed by atoms with Crippen molar-refractivity contribution in [3.63, 3.8) is 0 Å². The maximum atomic E-state index is 11.7. The van der Waals surface area contributed by atoms with Gasteiger partial charge in [-0.15, -0.1) is 0 Å². The molecule has 2 unspecified atom stereocenters. The summed E-state index contributed by atoms with van der Waals surface area (Å²) in [6, 6.07) is 0. The highest BCUT2D eigenvalue weighted by atomic mass is 16.4. The Kier molecular flexibility index (Phi) is 4.77. The van der Waals surface area contributed by atoms with Crippen LogP contribution < -0.4 is 10.2 Å². The van der Waals surface area contributed by atoms with Crippen molar-refractivity contribution >= 4 is 11.9 Å². The predicted molar refractivity (Wildman–Crippen MR) is 63.2 cm³/mol. The summed E-state index contributed by atoms with van der Waals surface area (Å²) < 4.78 is 0. The zero-order valence-electron chi connectivity index (χ0n) is 11.3. The minimum atomic E-state index is -1.24. The molecule has 0 aromatic rings. The first kappa shape index (κ1) is 15.0. The normalized spacial score (nSPS) is 32.1. The lowest BCUT2D eigenvalue weighted by molar-refractivity contribution is -0.349. The second kappa shape index (κ2) is 5.72. The van der Waals surface area contributed by atoms with Gasteiger partial charge in [0.2, 0.25) is 0 Å². The van der Waals surface area contributed by atoms with Gasteiger partial charge in [0.25, 0.3) is 0 Å². The Labute approximate surface area is 108 Å². The summed E-state index contributed by atoms with van der Waals surface area (Å²) in [6.07, 6.45) is 4.33. The van der Waals surface area contributed by atoms with Crippen LogP contribution in [0.3, 0.4) is 0 Å². The first-order valence-corrected chi connectivity index (χ1v) is 6.89. The van der Waals surface area contributed by atoms with Crippen LogP contribution in [0.1, 0.15) is 65.2 Å². The Balaban J connectivity index is 3.30. The van der Waals surface area contributed by atoms with Gasteiger partial charge >= 0.3 is 0 Å². The van der Waals surface area contributed by atoms with Gasteiger partial charge in [0.1, 0.15) is 0 Å². The quantitative estimate of drug-likeness (QED) is 0.696. The molecule has 2 atom stereocenters. The number of carboxylic acids is 2. The summed E-state index contributed by atoms with van der Waals surface area (Å²) in [4.78, 5) is 23.3. The van der Waals surface area contributed by atoms with E-state index in [1.54, 1.807) is 0 Å². The minimum Gasteiger partial charge on any atom is -0.550 e. The van der Waals surface area contributed by atoms with Crippen LogP contribution in [0.4, 0.5) is 0 Å². The first-order valence-electron chi connectivity index (χ1n) is 6.89. The van der Waals surface area contributed by atoms with Gasteiger partial charge in [0.15, 0.2) is 0 Å². The Morgan fingerprint density at radius 3 is 1.44 bits per heavy atom. The fourth-order valence-electron chi connectivity index (χ4n) is 3.71. The number of hydrogen-bond acceptors (Lipinski definition) is 4. The number of carbonyl (C=O) groups is 2. The van der Waals surface area contributed by atoms with Crippen molar-refractivity contribution in [3.05, 3.63) is 0 Å². The van der Waals surface area contributed by atoms with E-state index in [-0.39, 0.29) is 0 Å². The van der Waals surface area contributed by atoms with Crippen LogP contribution in [0.2, 0.25) is 0 Å². The molecule has 0 aromatic heterocycles. The van der Waals surface area contributed by atoms with E-state index in [9.17, 15) is 19.8 Å². The maximum absolute atomic E-state index is 11.7. The second-order valence-electron chi connectivity index (χ2n) is 5.45. The third-order valence-electron chi connectivity index (χ3n) is 4.51. The molecule has 4 heteroatoms. The molecule has 4 nitrogen and oxygen atoms in total. The summed E-state index contributed by atoms with van der Waals surface area (Å²) in [5, 5.41) is 23.3. The molecule has 1 aliphatic rings.